The second-order valence-electron chi connectivity index (χ2n) is 4.18. The van der Waals surface area contributed by atoms with E-state index in [9.17, 15) is 22.8 Å². The fourth-order valence-electron chi connectivity index (χ4n) is 1.39. The van der Waals surface area contributed by atoms with Gasteiger partial charge in [0.1, 0.15) is 6.54 Å². The number of halogens is 5. The van der Waals surface area contributed by atoms with E-state index in [0.717, 1.165) is 4.90 Å². The molecule has 0 radical (unpaired) electrons. The molecule has 1 aromatic rings. The number of rotatable bonds is 4. The van der Waals surface area contributed by atoms with Gasteiger partial charge in [0.05, 0.1) is 11.6 Å². The van der Waals surface area contributed by atoms with Gasteiger partial charge in [-0.15, -0.1) is 0 Å². The van der Waals surface area contributed by atoms with E-state index in [2.05, 4.69) is 15.9 Å². The summed E-state index contributed by atoms with van der Waals surface area (Å²) >= 11 is 9.01. The Morgan fingerprint density at radius 2 is 2.00 bits per heavy atom. The Morgan fingerprint density at radius 3 is 2.52 bits per heavy atom. The summed E-state index contributed by atoms with van der Waals surface area (Å²) in [5.74, 6) is -1.42. The third kappa shape index (κ3) is 5.92. The standard InChI is InChI=1S/C12H11BrClF3N2O2/c1-19(5-10(20)18-6-12(15,16)17)11(21)7-2-3-8(13)9(14)4-7/h2-4H,5-6H2,1H3,(H,18,20). The number of carbonyl (C=O) groups excluding carboxylic acids is 2. The van der Waals surface area contributed by atoms with Gasteiger partial charge in [-0.05, 0) is 34.1 Å². The number of hydrogen-bond donors (Lipinski definition) is 1. The number of alkyl halides is 3. The molecule has 0 saturated heterocycles. The monoisotopic (exact) mass is 386 g/mol. The fourth-order valence-corrected chi connectivity index (χ4v) is 1.82. The first-order chi connectivity index (χ1) is 9.60. The van der Waals surface area contributed by atoms with Gasteiger partial charge in [0.2, 0.25) is 5.91 Å². The van der Waals surface area contributed by atoms with Gasteiger partial charge in [-0.25, -0.2) is 0 Å². The van der Waals surface area contributed by atoms with Crippen LogP contribution in [0.5, 0.6) is 0 Å². The number of nitrogens with zero attached hydrogens (tertiary/aromatic N) is 1. The lowest BCUT2D eigenvalue weighted by atomic mass is 10.2. The number of carbonyl (C=O) groups is 2. The van der Waals surface area contributed by atoms with Crippen molar-refractivity contribution in [2.45, 2.75) is 6.18 Å². The van der Waals surface area contributed by atoms with Crippen LogP contribution in [0.2, 0.25) is 5.02 Å². The lowest BCUT2D eigenvalue weighted by Gasteiger charge is -2.17. The van der Waals surface area contributed by atoms with Crippen molar-refractivity contribution in [2.75, 3.05) is 20.1 Å². The van der Waals surface area contributed by atoms with Crippen LogP contribution < -0.4 is 5.32 Å². The number of hydrogen-bond acceptors (Lipinski definition) is 2. The van der Waals surface area contributed by atoms with Crippen molar-refractivity contribution in [2.24, 2.45) is 0 Å². The predicted molar refractivity (Wildman–Crippen MR) is 75.2 cm³/mol. The zero-order valence-corrected chi connectivity index (χ0v) is 13.1. The van der Waals surface area contributed by atoms with Crippen molar-refractivity contribution < 1.29 is 22.8 Å². The minimum atomic E-state index is -4.49. The molecule has 0 aliphatic carbocycles. The molecule has 0 spiro atoms. The van der Waals surface area contributed by atoms with Gasteiger partial charge in [0.15, 0.2) is 0 Å². The number of amides is 2. The van der Waals surface area contributed by atoms with Crippen molar-refractivity contribution in [3.05, 3.63) is 33.3 Å². The van der Waals surface area contributed by atoms with E-state index in [4.69, 9.17) is 11.6 Å². The fraction of sp³-hybridized carbons (Fsp3) is 0.333. The van der Waals surface area contributed by atoms with Gasteiger partial charge in [0, 0.05) is 17.1 Å². The highest BCUT2D eigenvalue weighted by atomic mass is 79.9. The molecule has 21 heavy (non-hydrogen) atoms. The maximum atomic E-state index is 12.0. The molecule has 0 heterocycles. The van der Waals surface area contributed by atoms with Crippen molar-refractivity contribution in [1.82, 2.24) is 10.2 Å². The van der Waals surface area contributed by atoms with Gasteiger partial charge >= 0.3 is 6.18 Å². The van der Waals surface area contributed by atoms with E-state index >= 15 is 0 Å². The Labute approximate surface area is 132 Å². The summed E-state index contributed by atoms with van der Waals surface area (Å²) in [5.41, 5.74) is 0.231. The van der Waals surface area contributed by atoms with E-state index in [1.807, 2.05) is 0 Å². The van der Waals surface area contributed by atoms with Crippen LogP contribution in [-0.4, -0.2) is 43.0 Å². The summed E-state index contributed by atoms with van der Waals surface area (Å²) in [6, 6.07) is 4.45. The third-order valence-electron chi connectivity index (χ3n) is 2.38. The molecule has 0 atom stereocenters. The van der Waals surface area contributed by atoms with Gasteiger partial charge in [-0.1, -0.05) is 11.6 Å². The minimum Gasteiger partial charge on any atom is -0.345 e. The van der Waals surface area contributed by atoms with Crippen molar-refractivity contribution in [1.29, 1.82) is 0 Å². The van der Waals surface area contributed by atoms with E-state index < -0.39 is 31.1 Å². The first-order valence-corrected chi connectivity index (χ1v) is 6.81. The van der Waals surface area contributed by atoms with Crippen LogP contribution in [-0.2, 0) is 4.79 Å². The molecule has 9 heteroatoms. The highest BCUT2D eigenvalue weighted by Gasteiger charge is 2.28. The summed E-state index contributed by atoms with van der Waals surface area (Å²) in [6.45, 7) is -1.92. The van der Waals surface area contributed by atoms with Crippen LogP contribution >= 0.6 is 27.5 Å². The molecule has 0 saturated carbocycles. The molecule has 0 aliphatic rings. The largest absolute Gasteiger partial charge is 0.405 e. The van der Waals surface area contributed by atoms with Crippen molar-refractivity contribution in [3.63, 3.8) is 0 Å². The van der Waals surface area contributed by atoms with Crippen LogP contribution in [0.15, 0.2) is 22.7 Å². The van der Waals surface area contributed by atoms with Crippen LogP contribution in [0, 0.1) is 0 Å². The molecular formula is C12H11BrClF3N2O2. The normalized spacial score (nSPS) is 11.1. The quantitative estimate of drug-likeness (QED) is 0.864. The van der Waals surface area contributed by atoms with Gasteiger partial charge < -0.3 is 10.2 Å². The Morgan fingerprint density at radius 1 is 1.38 bits per heavy atom. The second-order valence-corrected chi connectivity index (χ2v) is 5.44. The SMILES string of the molecule is CN(CC(=O)NCC(F)(F)F)C(=O)c1ccc(Br)c(Cl)c1. The highest BCUT2D eigenvalue weighted by molar-refractivity contribution is 9.10. The molecule has 0 aliphatic heterocycles. The maximum absolute atomic E-state index is 12.0. The Balaban J connectivity index is 2.62. The lowest BCUT2D eigenvalue weighted by Crippen LogP contribution is -2.41. The van der Waals surface area contributed by atoms with E-state index in [0.29, 0.717) is 9.50 Å². The molecule has 0 bridgehead atoms. The van der Waals surface area contributed by atoms with Gasteiger partial charge in [-0.2, -0.15) is 13.2 Å². The zero-order valence-electron chi connectivity index (χ0n) is 10.8. The number of benzene rings is 1. The Kier molecular flexibility index (Phi) is 6.03. The first-order valence-electron chi connectivity index (χ1n) is 5.64. The Bertz CT molecular complexity index is 552. The van der Waals surface area contributed by atoms with E-state index in [-0.39, 0.29) is 5.56 Å². The molecule has 0 aromatic heterocycles. The maximum Gasteiger partial charge on any atom is 0.405 e. The van der Waals surface area contributed by atoms with Gasteiger partial charge in [0.25, 0.3) is 5.91 Å². The van der Waals surface area contributed by atoms with Crippen molar-refractivity contribution in [3.8, 4) is 0 Å². The second kappa shape index (κ2) is 7.13. The smallest absolute Gasteiger partial charge is 0.345 e. The van der Waals surface area contributed by atoms with E-state index in [1.54, 1.807) is 11.4 Å². The Hall–Kier alpha value is -1.28. The molecule has 0 fully saturated rings. The number of likely N-dealkylation sites (N-methyl/N-ethyl adjacent to an activating group) is 1. The van der Waals surface area contributed by atoms with Crippen LogP contribution in [0.25, 0.3) is 0 Å². The predicted octanol–water partition coefficient (Wildman–Crippen LogP) is 2.85. The molecule has 0 unspecified atom stereocenters. The van der Waals surface area contributed by atoms with Crippen LogP contribution in [0.3, 0.4) is 0 Å². The lowest BCUT2D eigenvalue weighted by molar-refractivity contribution is -0.138. The van der Waals surface area contributed by atoms with Crippen molar-refractivity contribution >= 4 is 39.3 Å². The average Bonchev–Trinajstić information content (AvgIpc) is 2.38. The molecule has 1 N–H and O–H groups in total. The topological polar surface area (TPSA) is 49.4 Å². The molecule has 4 nitrogen and oxygen atoms in total. The van der Waals surface area contributed by atoms with Crippen LogP contribution in [0.4, 0.5) is 13.2 Å². The van der Waals surface area contributed by atoms with Gasteiger partial charge in [-0.3, -0.25) is 9.59 Å². The summed E-state index contributed by atoms with van der Waals surface area (Å²) in [4.78, 5) is 24.3. The highest BCUT2D eigenvalue weighted by Crippen LogP contribution is 2.23. The molecule has 1 rings (SSSR count). The zero-order chi connectivity index (χ0) is 16.2. The summed E-state index contributed by atoms with van der Waals surface area (Å²) in [7, 11) is 1.31. The van der Waals surface area contributed by atoms with Crippen LogP contribution in [0.1, 0.15) is 10.4 Å². The van der Waals surface area contributed by atoms with E-state index in [1.165, 1.54) is 19.2 Å². The first kappa shape index (κ1) is 17.8. The third-order valence-corrected chi connectivity index (χ3v) is 3.61. The summed E-state index contributed by atoms with van der Waals surface area (Å²) < 4.78 is 36.4. The molecule has 1 aromatic carbocycles. The molecular weight excluding hydrogens is 376 g/mol. The molecule has 2 amide bonds. The minimum absolute atomic E-state index is 0.231. The average molecular weight is 388 g/mol. The molecule has 116 valence electrons. The summed E-state index contributed by atoms with van der Waals surface area (Å²) in [6.07, 6.45) is -4.49. The number of nitrogens with one attached hydrogen (secondary N) is 1. The summed E-state index contributed by atoms with van der Waals surface area (Å²) in [5, 5.41) is 2.00.